The van der Waals surface area contributed by atoms with Gasteiger partial charge in [-0.1, -0.05) is 37.1 Å². The maximum Gasteiger partial charge on any atom is 0.250 e. The molecule has 1 atom stereocenters. The number of H-pyrrole nitrogens is 1. The van der Waals surface area contributed by atoms with Crippen LogP contribution in [0.15, 0.2) is 66.2 Å². The zero-order chi connectivity index (χ0) is 24.9. The molecule has 1 N–H and O–H groups in total. The number of carbonyl (C=O) groups is 1. The van der Waals surface area contributed by atoms with Gasteiger partial charge in [-0.2, -0.15) is 5.10 Å². The Hall–Kier alpha value is -3.45. The maximum atomic E-state index is 13.8. The maximum absolute atomic E-state index is 13.8. The van der Waals surface area contributed by atoms with Crippen molar-refractivity contribution in [1.29, 1.82) is 0 Å². The highest BCUT2D eigenvalue weighted by Crippen LogP contribution is 2.36. The molecule has 7 heteroatoms. The van der Waals surface area contributed by atoms with Crippen molar-refractivity contribution in [3.8, 4) is 16.9 Å². The highest BCUT2D eigenvalue weighted by molar-refractivity contribution is 5.80. The van der Waals surface area contributed by atoms with Crippen molar-refractivity contribution in [2.45, 2.75) is 53.2 Å². The van der Waals surface area contributed by atoms with E-state index in [1.54, 1.807) is 28.6 Å². The number of carbonyl (C=O) groups excluding carboxylic acids is 1. The number of hydrogen-bond acceptors (Lipinski definition) is 3. The van der Waals surface area contributed by atoms with Crippen molar-refractivity contribution in [2.75, 3.05) is 13.2 Å². The molecule has 35 heavy (non-hydrogen) atoms. The van der Waals surface area contributed by atoms with Crippen molar-refractivity contribution in [3.05, 3.63) is 83.1 Å². The second kappa shape index (κ2) is 10.9. The van der Waals surface area contributed by atoms with Gasteiger partial charge in [-0.15, -0.1) is 0 Å². The summed E-state index contributed by atoms with van der Waals surface area (Å²) in [5, 5.41) is 4.79. The Morgan fingerprint density at radius 2 is 2.06 bits per heavy atom. The Labute approximate surface area is 206 Å². The van der Waals surface area contributed by atoms with E-state index in [0.29, 0.717) is 12.1 Å². The molecule has 1 unspecified atom stereocenters. The van der Waals surface area contributed by atoms with Crippen LogP contribution < -0.4 is 0 Å². The lowest BCUT2D eigenvalue weighted by Crippen LogP contribution is -2.30. The predicted molar refractivity (Wildman–Crippen MR) is 135 cm³/mol. The fourth-order valence-corrected chi connectivity index (χ4v) is 4.48. The Morgan fingerprint density at radius 3 is 2.77 bits per heavy atom. The van der Waals surface area contributed by atoms with E-state index in [1.165, 1.54) is 17.2 Å². The summed E-state index contributed by atoms with van der Waals surface area (Å²) >= 11 is 0. The first-order valence-electron chi connectivity index (χ1n) is 12.3. The van der Waals surface area contributed by atoms with Crippen LogP contribution in [0, 0.1) is 12.7 Å². The fourth-order valence-electron chi connectivity index (χ4n) is 4.48. The molecule has 1 fully saturated rings. The first-order chi connectivity index (χ1) is 17.0. The minimum absolute atomic E-state index is 0.0255. The van der Waals surface area contributed by atoms with Crippen LogP contribution in [-0.2, 0) is 9.53 Å². The largest absolute Gasteiger partial charge is 0.367 e. The van der Waals surface area contributed by atoms with Gasteiger partial charge in [0.2, 0.25) is 0 Å². The first kappa shape index (κ1) is 24.7. The molecule has 0 spiro atoms. The molecule has 1 aliphatic heterocycles. The van der Waals surface area contributed by atoms with Gasteiger partial charge in [0.15, 0.2) is 6.23 Å². The average Bonchev–Trinajstić information content (AvgIpc) is 3.61. The molecule has 5 rings (SSSR count). The van der Waals surface area contributed by atoms with E-state index in [2.05, 4.69) is 24.1 Å². The quantitative estimate of drug-likeness (QED) is 0.457. The molecule has 1 aromatic carbocycles. The van der Waals surface area contributed by atoms with E-state index in [-0.39, 0.29) is 18.3 Å². The zero-order valence-corrected chi connectivity index (χ0v) is 20.8. The fraction of sp³-hybridized carbons (Fsp3) is 0.357. The number of aromatic nitrogens is 3. The monoisotopic (exact) mass is 476 g/mol. The lowest BCUT2D eigenvalue weighted by Gasteiger charge is -2.24. The van der Waals surface area contributed by atoms with Gasteiger partial charge in [-0.3, -0.25) is 4.79 Å². The van der Waals surface area contributed by atoms with E-state index in [1.807, 2.05) is 38.5 Å². The summed E-state index contributed by atoms with van der Waals surface area (Å²) in [7, 11) is 0. The Kier molecular flexibility index (Phi) is 7.66. The Balaban J connectivity index is 0.00000141. The molecule has 0 radical (unpaired) electrons. The van der Waals surface area contributed by atoms with Gasteiger partial charge < -0.3 is 14.6 Å². The third-order valence-electron chi connectivity index (χ3n) is 6.27. The van der Waals surface area contributed by atoms with Crippen LogP contribution in [0.5, 0.6) is 0 Å². The molecule has 1 aliphatic carbocycles. The molecule has 184 valence electrons. The molecule has 0 bridgehead atoms. The van der Waals surface area contributed by atoms with E-state index in [9.17, 15) is 9.18 Å². The SMILES string of the molecule is CC.CC1=CC(CCN2C(=O)COC2c2cn(-c3ccc(F)c(C)c3)nc2-c2cc[nH]c2)=CCC1. The van der Waals surface area contributed by atoms with Gasteiger partial charge in [0.05, 0.1) is 5.69 Å². The van der Waals surface area contributed by atoms with Gasteiger partial charge >= 0.3 is 0 Å². The number of allylic oxidation sites excluding steroid dienone is 3. The minimum Gasteiger partial charge on any atom is -0.367 e. The van der Waals surface area contributed by atoms with Gasteiger partial charge in [-0.05, 0) is 62.9 Å². The van der Waals surface area contributed by atoms with Crippen LogP contribution in [0.2, 0.25) is 0 Å². The zero-order valence-electron chi connectivity index (χ0n) is 20.8. The molecule has 0 saturated carbocycles. The number of ether oxygens (including phenoxy) is 1. The number of nitrogens with zero attached hydrogens (tertiary/aromatic N) is 3. The van der Waals surface area contributed by atoms with Crippen LogP contribution in [0.4, 0.5) is 4.39 Å². The lowest BCUT2D eigenvalue weighted by molar-refractivity contribution is -0.128. The number of amides is 1. The highest BCUT2D eigenvalue weighted by atomic mass is 19.1. The second-order valence-electron chi connectivity index (χ2n) is 8.72. The smallest absolute Gasteiger partial charge is 0.250 e. The van der Waals surface area contributed by atoms with Gasteiger partial charge in [0.1, 0.15) is 18.1 Å². The normalized spacial score (nSPS) is 17.7. The van der Waals surface area contributed by atoms with Crippen LogP contribution in [0.1, 0.15) is 57.4 Å². The van der Waals surface area contributed by atoms with Crippen LogP contribution in [-0.4, -0.2) is 38.7 Å². The third-order valence-corrected chi connectivity index (χ3v) is 6.27. The Bertz CT molecular complexity index is 1240. The number of rotatable bonds is 6. The van der Waals surface area contributed by atoms with Crippen LogP contribution in [0.3, 0.4) is 0 Å². The van der Waals surface area contributed by atoms with Gasteiger partial charge in [0.25, 0.3) is 5.91 Å². The number of hydrogen-bond donors (Lipinski definition) is 1. The number of halogens is 1. The van der Waals surface area contributed by atoms with E-state index < -0.39 is 6.23 Å². The van der Waals surface area contributed by atoms with E-state index in [0.717, 1.165) is 41.8 Å². The summed E-state index contributed by atoms with van der Waals surface area (Å²) in [6.07, 6.45) is 12.5. The molecule has 6 nitrogen and oxygen atoms in total. The van der Waals surface area contributed by atoms with Crippen LogP contribution >= 0.6 is 0 Å². The number of aryl methyl sites for hydroxylation is 1. The van der Waals surface area contributed by atoms with E-state index >= 15 is 0 Å². The molecule has 1 amide bonds. The lowest BCUT2D eigenvalue weighted by atomic mass is 9.98. The predicted octanol–water partition coefficient (Wildman–Crippen LogP) is 6.26. The summed E-state index contributed by atoms with van der Waals surface area (Å²) in [4.78, 5) is 17.6. The van der Waals surface area contributed by atoms with Crippen molar-refractivity contribution in [3.63, 3.8) is 0 Å². The average molecular weight is 477 g/mol. The summed E-state index contributed by atoms with van der Waals surface area (Å²) in [5.74, 6) is -0.281. The molecular formula is C28H33FN4O2. The number of nitrogens with one attached hydrogen (secondary N) is 1. The van der Waals surface area contributed by atoms with Crippen molar-refractivity contribution >= 4 is 5.91 Å². The second-order valence-corrected chi connectivity index (χ2v) is 8.72. The first-order valence-corrected chi connectivity index (χ1v) is 12.3. The van der Waals surface area contributed by atoms with Crippen molar-refractivity contribution in [1.82, 2.24) is 19.7 Å². The Morgan fingerprint density at radius 1 is 1.23 bits per heavy atom. The van der Waals surface area contributed by atoms with Gasteiger partial charge in [-0.25, -0.2) is 9.07 Å². The van der Waals surface area contributed by atoms with Gasteiger partial charge in [0, 0.05) is 36.3 Å². The van der Waals surface area contributed by atoms with Crippen molar-refractivity contribution in [2.24, 2.45) is 0 Å². The molecule has 2 aliphatic rings. The summed E-state index contributed by atoms with van der Waals surface area (Å²) < 4.78 is 21.5. The van der Waals surface area contributed by atoms with E-state index in [4.69, 9.17) is 9.84 Å². The third kappa shape index (κ3) is 5.30. The standard InChI is InChI=1S/C26H27FN4O2.C2H6/c1-17-4-3-5-19(12-17)9-11-30-24(32)16-33-26(30)22-15-31(21-6-7-23(27)18(2)13-21)29-25(22)20-8-10-28-14-20;1-2/h5-8,10,12-15,26,28H,3-4,9,11,16H2,1-2H3;1-2H3. The molecule has 1 saturated heterocycles. The molecular weight excluding hydrogens is 443 g/mol. The highest BCUT2D eigenvalue weighted by Gasteiger charge is 2.36. The number of aromatic amines is 1. The summed E-state index contributed by atoms with van der Waals surface area (Å²) in [5.41, 5.74) is 6.38. The molecule has 2 aromatic heterocycles. The topological polar surface area (TPSA) is 63.1 Å². The number of benzene rings is 1. The summed E-state index contributed by atoms with van der Waals surface area (Å²) in [6, 6.07) is 6.84. The molecule has 3 aromatic rings. The minimum atomic E-state index is -0.521. The van der Waals surface area contributed by atoms with Crippen molar-refractivity contribution < 1.29 is 13.9 Å². The molecule has 3 heterocycles. The van der Waals surface area contributed by atoms with Crippen LogP contribution in [0.25, 0.3) is 16.9 Å². The summed E-state index contributed by atoms with van der Waals surface area (Å²) in [6.45, 7) is 8.50.